The van der Waals surface area contributed by atoms with Gasteiger partial charge in [0, 0.05) is 23.5 Å². The number of ketones is 1. The number of aliphatic hydroxyl groups excluding tert-OH is 2. The largest absolute Gasteiger partial charge is 0.393 e. The number of Topliss-reactive ketones (excluding diaryl/α,β-unsaturated/α-hetero) is 1. The molecule has 2 aliphatic rings. The predicted octanol–water partition coefficient (Wildman–Crippen LogP) is 2.33. The lowest BCUT2D eigenvalue weighted by Gasteiger charge is -2.12. The van der Waals surface area contributed by atoms with E-state index in [1.54, 1.807) is 73.1 Å². The summed E-state index contributed by atoms with van der Waals surface area (Å²) in [6, 6.07) is 20.9. The van der Waals surface area contributed by atoms with Gasteiger partial charge in [-0.2, -0.15) is 9.97 Å². The predicted molar refractivity (Wildman–Crippen MR) is 173 cm³/mol. The zero-order valence-corrected chi connectivity index (χ0v) is 26.0. The molecule has 2 fully saturated rings. The van der Waals surface area contributed by atoms with Gasteiger partial charge in [0.1, 0.15) is 27.4 Å². The highest BCUT2D eigenvalue weighted by atomic mass is 32.2. The molecule has 46 heavy (non-hydrogen) atoms. The van der Waals surface area contributed by atoms with Crippen LogP contribution in [-0.4, -0.2) is 78.3 Å². The van der Waals surface area contributed by atoms with Crippen LogP contribution in [-0.2, 0) is 15.9 Å². The van der Waals surface area contributed by atoms with Gasteiger partial charge in [-0.05, 0) is 24.3 Å². The lowest BCUT2D eigenvalue weighted by Crippen LogP contribution is -2.27. The van der Waals surface area contributed by atoms with Crippen molar-refractivity contribution in [1.29, 1.82) is 0 Å². The van der Waals surface area contributed by atoms with Gasteiger partial charge in [-0.15, -0.1) is 23.5 Å². The van der Waals surface area contributed by atoms with E-state index in [0.717, 1.165) is 0 Å². The van der Waals surface area contributed by atoms with Crippen molar-refractivity contribution in [3.63, 3.8) is 0 Å². The van der Waals surface area contributed by atoms with E-state index in [1.807, 2.05) is 12.1 Å². The molecule has 4 aromatic rings. The van der Waals surface area contributed by atoms with E-state index in [9.17, 15) is 19.2 Å². The molecule has 3 N–H and O–H groups in total. The van der Waals surface area contributed by atoms with Crippen molar-refractivity contribution in [2.45, 2.75) is 28.0 Å². The van der Waals surface area contributed by atoms with Crippen LogP contribution in [0.3, 0.4) is 0 Å². The molecular weight excluding hydrogens is 635 g/mol. The number of nitrogens with zero attached hydrogens (tertiary/aromatic N) is 4. The van der Waals surface area contributed by atoms with Gasteiger partial charge in [0.05, 0.1) is 38.5 Å². The molecule has 6 rings (SSSR count). The number of benzene rings is 2. The Labute approximate surface area is 271 Å². The number of carbonyl (C=O) groups excluding carboxylic acids is 2. The van der Waals surface area contributed by atoms with Crippen LogP contribution in [0.2, 0.25) is 0 Å². The SMILES string of the molecule is O=C(Cc1ccn(C2CO[C@H](CO)S2)c(=O)n1)c1ccccc1.O=C(Nc1ccn([C@H]2CO[C@@H](CO)S2)c(=O)n1)c1ccccc1. The lowest BCUT2D eigenvalue weighted by molar-refractivity contribution is 0.0803. The fourth-order valence-electron chi connectivity index (χ4n) is 4.51. The summed E-state index contributed by atoms with van der Waals surface area (Å²) in [5, 5.41) is 20.3. The molecule has 4 atom stereocenters. The minimum atomic E-state index is -0.476. The van der Waals surface area contributed by atoms with Gasteiger partial charge in [-0.3, -0.25) is 18.7 Å². The Bertz CT molecular complexity index is 1630. The highest BCUT2D eigenvalue weighted by Gasteiger charge is 2.29. The van der Waals surface area contributed by atoms with Gasteiger partial charge in [0.15, 0.2) is 5.78 Å². The van der Waals surface area contributed by atoms with Crippen molar-refractivity contribution in [2.75, 3.05) is 31.7 Å². The van der Waals surface area contributed by atoms with Gasteiger partial charge >= 0.3 is 11.4 Å². The fourth-order valence-corrected chi connectivity index (χ4v) is 6.59. The summed E-state index contributed by atoms with van der Waals surface area (Å²) in [6.07, 6.45) is 3.29. The van der Waals surface area contributed by atoms with E-state index in [4.69, 9.17) is 19.7 Å². The molecule has 2 aromatic carbocycles. The maximum Gasteiger partial charge on any atom is 0.350 e. The van der Waals surface area contributed by atoms with E-state index in [-0.39, 0.29) is 58.8 Å². The van der Waals surface area contributed by atoms with Gasteiger partial charge in [-0.1, -0.05) is 48.5 Å². The van der Waals surface area contributed by atoms with E-state index < -0.39 is 11.4 Å². The van der Waals surface area contributed by atoms with Crippen LogP contribution < -0.4 is 16.7 Å². The number of carbonyl (C=O) groups is 2. The number of anilines is 1. The van der Waals surface area contributed by atoms with Gasteiger partial charge in [0.25, 0.3) is 5.91 Å². The first-order valence-corrected chi connectivity index (χ1v) is 16.1. The van der Waals surface area contributed by atoms with Crippen LogP contribution in [0.4, 0.5) is 5.82 Å². The van der Waals surface area contributed by atoms with Crippen LogP contribution in [0.25, 0.3) is 0 Å². The lowest BCUT2D eigenvalue weighted by atomic mass is 10.1. The number of rotatable bonds is 9. The minimum Gasteiger partial charge on any atom is -0.393 e. The number of nitrogens with one attached hydrogen (secondary N) is 1. The molecule has 4 heterocycles. The molecule has 0 aliphatic carbocycles. The van der Waals surface area contributed by atoms with Crippen molar-refractivity contribution >= 4 is 41.0 Å². The summed E-state index contributed by atoms with van der Waals surface area (Å²) in [4.78, 5) is 56.3. The number of aromatic nitrogens is 4. The van der Waals surface area contributed by atoms with Crippen LogP contribution in [0, 0.1) is 0 Å². The number of hydrogen-bond donors (Lipinski definition) is 3. The van der Waals surface area contributed by atoms with E-state index in [1.165, 1.54) is 32.7 Å². The first-order chi connectivity index (χ1) is 22.3. The van der Waals surface area contributed by atoms with Crippen LogP contribution >= 0.6 is 23.5 Å². The molecule has 0 bridgehead atoms. The number of ether oxygens (including phenoxy) is 2. The second-order valence-electron chi connectivity index (χ2n) is 9.97. The fraction of sp³-hybridized carbons (Fsp3) is 0.290. The summed E-state index contributed by atoms with van der Waals surface area (Å²) in [5.74, 6) is -0.203. The second-order valence-corrected chi connectivity index (χ2v) is 12.7. The number of thioether (sulfide) groups is 2. The van der Waals surface area contributed by atoms with Gasteiger partial charge in [0.2, 0.25) is 0 Å². The molecule has 2 saturated heterocycles. The number of aliphatic hydroxyl groups is 2. The average molecular weight is 666 g/mol. The second kappa shape index (κ2) is 15.9. The minimum absolute atomic E-state index is 0.0748. The highest BCUT2D eigenvalue weighted by Crippen LogP contribution is 2.35. The maximum absolute atomic E-state index is 12.1. The molecule has 1 unspecified atom stereocenters. The van der Waals surface area contributed by atoms with Gasteiger partial charge < -0.3 is 25.0 Å². The Morgan fingerprint density at radius 2 is 1.28 bits per heavy atom. The molecule has 13 nitrogen and oxygen atoms in total. The summed E-state index contributed by atoms with van der Waals surface area (Å²) < 4.78 is 13.6. The standard InChI is InChI=1S/C16H16N2O4S.C15H15N3O4S/c19-9-15-22-10-14(23-15)18-7-6-12(17-16(18)21)8-13(20)11-4-2-1-3-5-11;19-8-13-22-9-12(23-13)18-7-6-11(17-15(18)21)16-14(20)10-4-2-1-3-5-10/h1-7,14-15,19H,8-10H2;1-7,12-13,19H,8-9H2,(H,16,17,20,21)/t14?,15-;12-,13-/m01/s1. The van der Waals surface area contributed by atoms with Crippen molar-refractivity contribution in [2.24, 2.45) is 0 Å². The first kappa shape index (κ1) is 33.2. The van der Waals surface area contributed by atoms with E-state index >= 15 is 0 Å². The Morgan fingerprint density at radius 1 is 0.761 bits per heavy atom. The molecule has 1 amide bonds. The van der Waals surface area contributed by atoms with E-state index in [2.05, 4.69) is 15.3 Å². The molecule has 0 spiro atoms. The van der Waals surface area contributed by atoms with Crippen LogP contribution in [0.1, 0.15) is 37.2 Å². The summed E-state index contributed by atoms with van der Waals surface area (Å²) >= 11 is 2.74. The summed E-state index contributed by atoms with van der Waals surface area (Å²) in [7, 11) is 0. The van der Waals surface area contributed by atoms with Crippen molar-refractivity contribution in [1.82, 2.24) is 19.1 Å². The third-order valence-electron chi connectivity index (χ3n) is 6.82. The quantitative estimate of drug-likeness (QED) is 0.223. The molecule has 2 aliphatic heterocycles. The molecule has 0 radical (unpaired) electrons. The molecule has 0 saturated carbocycles. The zero-order valence-electron chi connectivity index (χ0n) is 24.4. The molecular formula is C31H31N5O8S2. The Hall–Kier alpha value is -4.12. The third kappa shape index (κ3) is 8.57. The monoisotopic (exact) mass is 665 g/mol. The van der Waals surface area contributed by atoms with Crippen molar-refractivity contribution in [3.05, 3.63) is 123 Å². The van der Waals surface area contributed by atoms with Crippen LogP contribution in [0.5, 0.6) is 0 Å². The Morgan fingerprint density at radius 3 is 1.78 bits per heavy atom. The third-order valence-corrected chi connectivity index (χ3v) is 9.35. The summed E-state index contributed by atoms with van der Waals surface area (Å²) in [6.45, 7) is 0.481. The zero-order chi connectivity index (χ0) is 32.5. The average Bonchev–Trinajstić information content (AvgIpc) is 3.76. The van der Waals surface area contributed by atoms with E-state index in [0.29, 0.717) is 30.0 Å². The molecule has 15 heteroatoms. The number of amides is 1. The molecule has 2 aromatic heterocycles. The van der Waals surface area contributed by atoms with Crippen LogP contribution in [0.15, 0.2) is 94.8 Å². The smallest absolute Gasteiger partial charge is 0.350 e. The Kier molecular flexibility index (Phi) is 11.5. The van der Waals surface area contributed by atoms with Gasteiger partial charge in [-0.25, -0.2) is 9.59 Å². The Balaban J connectivity index is 0.000000181. The topological polar surface area (TPSA) is 175 Å². The highest BCUT2D eigenvalue weighted by molar-refractivity contribution is 8.00. The van der Waals surface area contributed by atoms with Crippen molar-refractivity contribution < 1.29 is 29.3 Å². The van der Waals surface area contributed by atoms with Crippen molar-refractivity contribution in [3.8, 4) is 0 Å². The summed E-state index contributed by atoms with van der Waals surface area (Å²) in [5.41, 5.74) is 0.00459. The normalized spacial score (nSPS) is 20.5. The number of hydrogen-bond acceptors (Lipinski definition) is 12. The molecule has 240 valence electrons. The first-order valence-electron chi connectivity index (χ1n) is 14.2. The maximum atomic E-state index is 12.1.